The van der Waals surface area contributed by atoms with E-state index in [0.29, 0.717) is 10.5 Å². The standard InChI is InChI=1S/C20H21NO8/c1-27-19(25)14-10-15(22)13-9-18(24)29-16(13)7-8-17(23)21(14)20(26)28-11-12-5-3-2-4-6-12/h2-6,13-14,16H,7-11H2,1H3/t13-,14-,16+/m0/s1. The average Bonchev–Trinajstić information content (AvgIpc) is 3.11. The summed E-state index contributed by atoms with van der Waals surface area (Å²) in [6.45, 7) is -0.103. The third kappa shape index (κ3) is 4.61. The first-order chi connectivity index (χ1) is 13.9. The number of ketones is 1. The van der Waals surface area contributed by atoms with Crippen molar-refractivity contribution in [3.63, 3.8) is 0 Å². The maximum Gasteiger partial charge on any atom is 0.417 e. The molecule has 29 heavy (non-hydrogen) atoms. The zero-order valence-electron chi connectivity index (χ0n) is 15.9. The van der Waals surface area contributed by atoms with Gasteiger partial charge in [-0.25, -0.2) is 14.5 Å². The monoisotopic (exact) mass is 403 g/mol. The second-order valence-corrected chi connectivity index (χ2v) is 6.89. The summed E-state index contributed by atoms with van der Waals surface area (Å²) >= 11 is 0. The van der Waals surface area contributed by atoms with Crippen molar-refractivity contribution in [2.24, 2.45) is 5.92 Å². The van der Waals surface area contributed by atoms with Crippen LogP contribution in [0.2, 0.25) is 0 Å². The van der Waals surface area contributed by atoms with Crippen LogP contribution in [-0.4, -0.2) is 53.9 Å². The summed E-state index contributed by atoms with van der Waals surface area (Å²) < 4.78 is 15.1. The van der Waals surface area contributed by atoms with E-state index >= 15 is 0 Å². The van der Waals surface area contributed by atoms with Gasteiger partial charge in [-0.15, -0.1) is 0 Å². The molecule has 154 valence electrons. The first-order valence-electron chi connectivity index (χ1n) is 9.23. The summed E-state index contributed by atoms with van der Waals surface area (Å²) in [7, 11) is 1.10. The van der Waals surface area contributed by atoms with Crippen LogP contribution in [0.4, 0.5) is 4.79 Å². The van der Waals surface area contributed by atoms with Gasteiger partial charge in [0, 0.05) is 12.8 Å². The summed E-state index contributed by atoms with van der Waals surface area (Å²) in [5.41, 5.74) is 0.699. The highest BCUT2D eigenvalue weighted by molar-refractivity contribution is 6.00. The van der Waals surface area contributed by atoms with Gasteiger partial charge in [0.1, 0.15) is 24.5 Å². The number of rotatable bonds is 3. The molecule has 0 aromatic heterocycles. The number of carbonyl (C=O) groups is 5. The molecule has 9 nitrogen and oxygen atoms in total. The molecular weight excluding hydrogens is 382 g/mol. The van der Waals surface area contributed by atoms with Gasteiger partial charge in [0.2, 0.25) is 5.91 Å². The molecular formula is C20H21NO8. The van der Waals surface area contributed by atoms with E-state index in [0.717, 1.165) is 7.11 Å². The van der Waals surface area contributed by atoms with E-state index in [4.69, 9.17) is 14.2 Å². The van der Waals surface area contributed by atoms with Crippen LogP contribution in [0.5, 0.6) is 0 Å². The molecule has 9 heteroatoms. The van der Waals surface area contributed by atoms with Crippen molar-refractivity contribution in [2.75, 3.05) is 7.11 Å². The van der Waals surface area contributed by atoms with Crippen molar-refractivity contribution < 1.29 is 38.2 Å². The molecule has 0 aliphatic carbocycles. The van der Waals surface area contributed by atoms with Gasteiger partial charge in [-0.2, -0.15) is 0 Å². The number of carbonyl (C=O) groups excluding carboxylic acids is 5. The van der Waals surface area contributed by atoms with Crippen LogP contribution in [0.1, 0.15) is 31.2 Å². The van der Waals surface area contributed by atoms with E-state index in [-0.39, 0.29) is 25.9 Å². The van der Waals surface area contributed by atoms with E-state index in [1.807, 2.05) is 0 Å². The van der Waals surface area contributed by atoms with Crippen molar-refractivity contribution in [2.45, 2.75) is 44.4 Å². The molecule has 1 aromatic carbocycles. The lowest BCUT2D eigenvalue weighted by molar-refractivity contribution is -0.153. The van der Waals surface area contributed by atoms with Crippen LogP contribution in [0.3, 0.4) is 0 Å². The number of hydrogen-bond donors (Lipinski definition) is 0. The lowest BCUT2D eigenvalue weighted by Crippen LogP contribution is -2.50. The van der Waals surface area contributed by atoms with Crippen molar-refractivity contribution in [1.82, 2.24) is 4.90 Å². The molecule has 2 aliphatic rings. The van der Waals surface area contributed by atoms with E-state index in [1.165, 1.54) is 0 Å². The number of hydrogen-bond acceptors (Lipinski definition) is 8. The Kier molecular flexibility index (Phi) is 6.26. The van der Waals surface area contributed by atoms with Gasteiger partial charge in [0.15, 0.2) is 0 Å². The first kappa shape index (κ1) is 20.5. The molecule has 0 saturated carbocycles. The number of benzene rings is 1. The number of esters is 2. The van der Waals surface area contributed by atoms with E-state index in [2.05, 4.69) is 0 Å². The van der Waals surface area contributed by atoms with Crippen LogP contribution in [0, 0.1) is 5.92 Å². The smallest absolute Gasteiger partial charge is 0.417 e. The minimum atomic E-state index is -1.46. The largest absolute Gasteiger partial charge is 0.467 e. The third-order valence-electron chi connectivity index (χ3n) is 5.02. The molecule has 1 aromatic rings. The lowest BCUT2D eigenvalue weighted by atomic mass is 9.90. The fraction of sp³-hybridized carbons (Fsp3) is 0.450. The van der Waals surface area contributed by atoms with Crippen LogP contribution in [0.15, 0.2) is 30.3 Å². The number of imide groups is 1. The van der Waals surface area contributed by atoms with Crippen molar-refractivity contribution in [3.05, 3.63) is 35.9 Å². The van der Waals surface area contributed by atoms with Crippen LogP contribution >= 0.6 is 0 Å². The molecule has 2 aliphatic heterocycles. The second-order valence-electron chi connectivity index (χ2n) is 6.89. The minimum Gasteiger partial charge on any atom is -0.467 e. The van der Waals surface area contributed by atoms with Gasteiger partial charge in [-0.05, 0) is 12.0 Å². The minimum absolute atomic E-state index is 0.0807. The molecule has 2 saturated heterocycles. The molecule has 0 spiro atoms. The molecule has 0 N–H and O–H groups in total. The van der Waals surface area contributed by atoms with Gasteiger partial charge in [0.25, 0.3) is 0 Å². The predicted molar refractivity (Wildman–Crippen MR) is 96.1 cm³/mol. The number of nitrogens with zero attached hydrogens (tertiary/aromatic N) is 1. The lowest BCUT2D eigenvalue weighted by Gasteiger charge is -2.26. The van der Waals surface area contributed by atoms with E-state index in [1.54, 1.807) is 30.3 Å². The number of Topliss-reactive ketones (excluding diaryl/α,β-unsaturated/α-hetero) is 1. The van der Waals surface area contributed by atoms with Gasteiger partial charge >= 0.3 is 18.0 Å². The number of fused-ring (bicyclic) bond motifs is 1. The molecule has 0 radical (unpaired) electrons. The first-order valence-corrected chi connectivity index (χ1v) is 9.23. The molecule has 3 atom stereocenters. The molecule has 2 heterocycles. The third-order valence-corrected chi connectivity index (χ3v) is 5.02. The summed E-state index contributed by atoms with van der Waals surface area (Å²) in [6.07, 6.45) is -2.45. The van der Waals surface area contributed by atoms with E-state index in [9.17, 15) is 24.0 Å². The normalized spacial score (nSPS) is 24.7. The number of amides is 2. The Morgan fingerprint density at radius 3 is 2.55 bits per heavy atom. The fourth-order valence-corrected chi connectivity index (χ4v) is 3.53. The maximum atomic E-state index is 12.7. The molecule has 2 fully saturated rings. The van der Waals surface area contributed by atoms with Gasteiger partial charge in [0.05, 0.1) is 19.4 Å². The highest BCUT2D eigenvalue weighted by Gasteiger charge is 2.46. The summed E-state index contributed by atoms with van der Waals surface area (Å²) in [6, 6.07) is 7.36. The van der Waals surface area contributed by atoms with Crippen LogP contribution in [-0.2, 0) is 40.0 Å². The zero-order valence-corrected chi connectivity index (χ0v) is 15.9. The zero-order chi connectivity index (χ0) is 21.0. The highest BCUT2D eigenvalue weighted by Crippen LogP contribution is 2.31. The average molecular weight is 403 g/mol. The van der Waals surface area contributed by atoms with Crippen LogP contribution < -0.4 is 0 Å². The molecule has 2 amide bonds. The Balaban J connectivity index is 1.83. The molecule has 0 bridgehead atoms. The van der Waals surface area contributed by atoms with Gasteiger partial charge in [-0.1, -0.05) is 30.3 Å². The maximum absolute atomic E-state index is 12.7. The SMILES string of the molecule is COC(=O)[C@@H]1CC(=O)[C@@H]2CC(=O)O[C@@H]2CCC(=O)N1C(=O)OCc1ccccc1. The Morgan fingerprint density at radius 2 is 1.86 bits per heavy atom. The summed E-state index contributed by atoms with van der Waals surface area (Å²) in [5, 5.41) is 0. The van der Waals surface area contributed by atoms with Crippen molar-refractivity contribution in [1.29, 1.82) is 0 Å². The summed E-state index contributed by atoms with van der Waals surface area (Å²) in [5.74, 6) is -3.31. The predicted octanol–water partition coefficient (Wildman–Crippen LogP) is 1.38. The molecule has 3 rings (SSSR count). The second kappa shape index (κ2) is 8.85. The van der Waals surface area contributed by atoms with E-state index < -0.39 is 54.2 Å². The number of methoxy groups -OCH3 is 1. The quantitative estimate of drug-likeness (QED) is 0.549. The Hall–Kier alpha value is -3.23. The topological polar surface area (TPSA) is 116 Å². The fourth-order valence-electron chi connectivity index (χ4n) is 3.53. The Labute approximate surface area is 166 Å². The van der Waals surface area contributed by atoms with Crippen LogP contribution in [0.25, 0.3) is 0 Å². The number of ether oxygens (including phenoxy) is 3. The van der Waals surface area contributed by atoms with Crippen molar-refractivity contribution in [3.8, 4) is 0 Å². The highest BCUT2D eigenvalue weighted by atomic mass is 16.6. The summed E-state index contributed by atoms with van der Waals surface area (Å²) in [4.78, 5) is 62.7. The molecule has 0 unspecified atom stereocenters. The van der Waals surface area contributed by atoms with Crippen molar-refractivity contribution >= 4 is 29.7 Å². The van der Waals surface area contributed by atoms with Gasteiger partial charge < -0.3 is 14.2 Å². The van der Waals surface area contributed by atoms with Gasteiger partial charge in [-0.3, -0.25) is 14.4 Å². The Morgan fingerprint density at radius 1 is 1.14 bits per heavy atom. The Bertz CT molecular complexity index is 821.